The first-order chi connectivity index (χ1) is 22.0. The molecular formula is C40H59N3O4. The summed E-state index contributed by atoms with van der Waals surface area (Å²) < 4.78 is 0. The zero-order valence-corrected chi connectivity index (χ0v) is 30.3. The Bertz CT molecular complexity index is 1500. The van der Waals surface area contributed by atoms with E-state index in [2.05, 4.69) is 46.8 Å². The van der Waals surface area contributed by atoms with Crippen molar-refractivity contribution in [3.63, 3.8) is 0 Å². The van der Waals surface area contributed by atoms with Crippen molar-refractivity contribution in [2.75, 3.05) is 20.6 Å². The molecule has 8 atom stereocenters. The van der Waals surface area contributed by atoms with Gasteiger partial charge in [0.15, 0.2) is 5.76 Å². The van der Waals surface area contributed by atoms with E-state index in [1.54, 1.807) is 11.0 Å². The molecule has 0 saturated heterocycles. The Labute approximate surface area is 282 Å². The monoisotopic (exact) mass is 645 g/mol. The lowest BCUT2D eigenvalue weighted by Crippen LogP contribution is -2.65. The van der Waals surface area contributed by atoms with Crippen molar-refractivity contribution in [1.82, 2.24) is 9.80 Å². The van der Waals surface area contributed by atoms with E-state index in [1.165, 1.54) is 5.57 Å². The summed E-state index contributed by atoms with van der Waals surface area (Å²) in [6.45, 7) is 14.4. The number of likely N-dealkylation sites (N-methyl/N-ethyl adjacent to an activating group) is 2. The van der Waals surface area contributed by atoms with Crippen LogP contribution in [0.15, 0.2) is 46.3 Å². The van der Waals surface area contributed by atoms with Crippen molar-refractivity contribution in [3.8, 4) is 0 Å². The van der Waals surface area contributed by atoms with Crippen molar-refractivity contribution in [2.24, 2.45) is 39.2 Å². The van der Waals surface area contributed by atoms with Crippen LogP contribution in [-0.2, 0) is 14.4 Å². The topological polar surface area (TPSA) is 104 Å². The molecule has 0 radical (unpaired) electrons. The summed E-state index contributed by atoms with van der Waals surface area (Å²) >= 11 is 0. The molecule has 3 N–H and O–H groups in total. The van der Waals surface area contributed by atoms with Gasteiger partial charge in [-0.25, -0.2) is 0 Å². The van der Waals surface area contributed by atoms with Gasteiger partial charge in [-0.05, 0) is 130 Å². The van der Waals surface area contributed by atoms with Crippen LogP contribution in [0.1, 0.15) is 119 Å². The highest BCUT2D eigenvalue weighted by atomic mass is 16.3. The lowest BCUT2D eigenvalue weighted by atomic mass is 9.35. The Morgan fingerprint density at radius 2 is 1.62 bits per heavy atom. The van der Waals surface area contributed by atoms with Gasteiger partial charge < -0.3 is 20.6 Å². The lowest BCUT2D eigenvalue weighted by molar-refractivity contribution is -0.174. The van der Waals surface area contributed by atoms with Gasteiger partial charge in [0.1, 0.15) is 0 Å². The highest BCUT2D eigenvalue weighted by Crippen LogP contribution is 2.75. The molecule has 6 unspecified atom stereocenters. The van der Waals surface area contributed by atoms with Crippen LogP contribution in [0.25, 0.3) is 0 Å². The fraction of sp³-hybridized carbons (Fsp3) is 0.725. The number of nitrogens with zero attached hydrogens (tertiary/aromatic N) is 2. The molecule has 0 bridgehead atoms. The maximum absolute atomic E-state index is 14.0. The van der Waals surface area contributed by atoms with E-state index in [1.807, 2.05) is 25.9 Å². The number of hydrogen-bond acceptors (Lipinski definition) is 5. The molecule has 6 aliphatic carbocycles. The molecule has 2 amide bonds. The van der Waals surface area contributed by atoms with Crippen molar-refractivity contribution >= 4 is 17.6 Å². The number of ketones is 1. The predicted octanol–water partition coefficient (Wildman–Crippen LogP) is 7.19. The number of carbonyl (C=O) groups excluding carboxylic acids is 3. The molecule has 0 heterocycles. The van der Waals surface area contributed by atoms with Gasteiger partial charge in [-0.15, -0.1) is 0 Å². The summed E-state index contributed by atoms with van der Waals surface area (Å²) in [5.74, 6) is -0.474. The molecule has 0 aliphatic heterocycles. The third-order valence-corrected chi connectivity index (χ3v) is 15.4. The van der Waals surface area contributed by atoms with Crippen molar-refractivity contribution in [3.05, 3.63) is 46.3 Å². The first kappa shape index (κ1) is 34.2. The molecular weight excluding hydrogens is 586 g/mol. The first-order valence-electron chi connectivity index (χ1n) is 18.3. The van der Waals surface area contributed by atoms with Crippen LogP contribution in [0.4, 0.5) is 0 Å². The van der Waals surface area contributed by atoms with E-state index >= 15 is 0 Å². The second-order valence-corrected chi connectivity index (χ2v) is 17.5. The average molecular weight is 646 g/mol. The second kappa shape index (κ2) is 11.5. The van der Waals surface area contributed by atoms with Gasteiger partial charge in [0, 0.05) is 36.7 Å². The molecule has 47 heavy (non-hydrogen) atoms. The minimum Gasteiger partial charge on any atom is -0.504 e. The standard InChI is InChI=1S/C40H59N3O4/c1-25-27-13-14-31-38(4,28(27)23-30(44)33(25)45)19-21-40(6)32-24-37(3,18-16-36(32,2)17-20-39(31,40)5)43(8)35(47)34(46)42(7)29-12-10-9-11-26(29)15-22-41/h13-14,23,26,29,32,45H,9-12,15-22,24,41H2,1-8H3/t26?,29-,32?,36?,37?,38?,39?,40+/m1/s1. The summed E-state index contributed by atoms with van der Waals surface area (Å²) in [6.07, 6.45) is 18.2. The quantitative estimate of drug-likeness (QED) is 0.315. The van der Waals surface area contributed by atoms with E-state index in [9.17, 15) is 19.5 Å². The molecule has 0 aromatic heterocycles. The maximum Gasteiger partial charge on any atom is 0.312 e. The van der Waals surface area contributed by atoms with Crippen LogP contribution in [0.3, 0.4) is 0 Å². The summed E-state index contributed by atoms with van der Waals surface area (Å²) in [7, 11) is 3.69. The highest BCUT2D eigenvalue weighted by Gasteiger charge is 2.67. The predicted molar refractivity (Wildman–Crippen MR) is 186 cm³/mol. The minimum atomic E-state index is -0.422. The van der Waals surface area contributed by atoms with Crippen molar-refractivity contribution in [1.29, 1.82) is 0 Å². The van der Waals surface area contributed by atoms with E-state index in [0.29, 0.717) is 24.0 Å². The lowest BCUT2D eigenvalue weighted by Gasteiger charge is -2.70. The minimum absolute atomic E-state index is 0.0210. The number of aliphatic hydroxyl groups excluding tert-OH is 1. The van der Waals surface area contributed by atoms with Crippen molar-refractivity contribution < 1.29 is 19.5 Å². The maximum atomic E-state index is 14.0. The summed E-state index contributed by atoms with van der Waals surface area (Å²) in [5.41, 5.74) is 9.40. The molecule has 0 spiro atoms. The Balaban J connectivity index is 1.29. The number of carbonyl (C=O) groups is 3. The van der Waals surface area contributed by atoms with Gasteiger partial charge in [-0.1, -0.05) is 58.3 Å². The Morgan fingerprint density at radius 1 is 0.936 bits per heavy atom. The number of hydrogen-bond donors (Lipinski definition) is 2. The van der Waals surface area contributed by atoms with Crippen LogP contribution in [-0.4, -0.2) is 64.7 Å². The number of amides is 2. The molecule has 6 rings (SSSR count). The average Bonchev–Trinajstić information content (AvgIpc) is 3.05. The van der Waals surface area contributed by atoms with Crippen LogP contribution in [0.2, 0.25) is 0 Å². The molecule has 6 aliphatic rings. The molecule has 0 aromatic carbocycles. The van der Waals surface area contributed by atoms with E-state index in [-0.39, 0.29) is 51.1 Å². The third kappa shape index (κ3) is 4.87. The van der Waals surface area contributed by atoms with Crippen molar-refractivity contribution in [2.45, 2.75) is 130 Å². The number of rotatable bonds is 4. The SMILES string of the molecule is CC1=C(O)C(=O)C=C2C1=CC=C1C2(C)CC[C@@]2(C)C3CC(C)(N(C)C(=O)C(=O)N(C)[C@@H]4CCCCC4CCN)CCC3(C)CCC12C. The molecule has 0 aromatic rings. The number of fused-ring (bicyclic) bond motifs is 7. The molecule has 4 fully saturated rings. The van der Waals surface area contributed by atoms with Gasteiger partial charge in [-0.3, -0.25) is 14.4 Å². The number of allylic oxidation sites excluding steroid dienone is 7. The molecule has 4 saturated carbocycles. The normalized spacial score (nSPS) is 41.3. The number of aliphatic hydroxyl groups is 1. The Hall–Kier alpha value is -2.67. The fourth-order valence-electron chi connectivity index (χ4n) is 11.7. The smallest absolute Gasteiger partial charge is 0.312 e. The van der Waals surface area contributed by atoms with Crippen LogP contribution < -0.4 is 5.73 Å². The molecule has 7 nitrogen and oxygen atoms in total. The first-order valence-corrected chi connectivity index (χ1v) is 18.3. The van der Waals surface area contributed by atoms with Gasteiger partial charge in [0.05, 0.1) is 0 Å². The van der Waals surface area contributed by atoms with Crippen LogP contribution in [0, 0.1) is 33.5 Å². The van der Waals surface area contributed by atoms with Gasteiger partial charge in [0.25, 0.3) is 0 Å². The third-order valence-electron chi connectivity index (χ3n) is 15.4. The van der Waals surface area contributed by atoms with Gasteiger partial charge >= 0.3 is 11.8 Å². The zero-order valence-electron chi connectivity index (χ0n) is 30.3. The summed E-state index contributed by atoms with van der Waals surface area (Å²) in [6, 6.07) is 0.0743. The summed E-state index contributed by atoms with van der Waals surface area (Å²) in [4.78, 5) is 44.3. The van der Waals surface area contributed by atoms with Gasteiger partial charge in [-0.2, -0.15) is 0 Å². The van der Waals surface area contributed by atoms with Crippen LogP contribution >= 0.6 is 0 Å². The van der Waals surface area contributed by atoms with Crippen LogP contribution in [0.5, 0.6) is 0 Å². The van der Waals surface area contributed by atoms with E-state index in [4.69, 9.17) is 5.73 Å². The Kier molecular flexibility index (Phi) is 8.34. The van der Waals surface area contributed by atoms with Gasteiger partial charge in [0.2, 0.25) is 5.78 Å². The zero-order chi connectivity index (χ0) is 34.3. The highest BCUT2D eigenvalue weighted by molar-refractivity contribution is 6.35. The Morgan fingerprint density at radius 3 is 2.32 bits per heavy atom. The largest absolute Gasteiger partial charge is 0.504 e. The number of nitrogens with two attached hydrogens (primary N) is 1. The van der Waals surface area contributed by atoms with E-state index in [0.717, 1.165) is 88.2 Å². The van der Waals surface area contributed by atoms with E-state index < -0.39 is 5.54 Å². The second-order valence-electron chi connectivity index (χ2n) is 17.5. The summed E-state index contributed by atoms with van der Waals surface area (Å²) in [5, 5.41) is 10.5. The fourth-order valence-corrected chi connectivity index (χ4v) is 11.7. The molecule has 258 valence electrons. The molecule has 7 heteroatoms.